The Hall–Kier alpha value is 0.250. The zero-order valence-electron chi connectivity index (χ0n) is 6.81. The molecule has 0 aromatic rings. The van der Waals surface area contributed by atoms with Gasteiger partial charge in [0.25, 0.3) is 0 Å². The van der Waals surface area contributed by atoms with E-state index in [4.69, 9.17) is 11.6 Å². The minimum absolute atomic E-state index is 0.758. The molecule has 10 heavy (non-hydrogen) atoms. The first kappa shape index (κ1) is 8.35. The molecule has 1 rings (SSSR count). The quantitative estimate of drug-likeness (QED) is 0.560. The van der Waals surface area contributed by atoms with E-state index in [-0.39, 0.29) is 0 Å². The topological polar surface area (TPSA) is 3.24 Å². The zero-order chi connectivity index (χ0) is 7.56. The summed E-state index contributed by atoms with van der Waals surface area (Å²) in [6.45, 7) is 6.90. The molecule has 0 radical (unpaired) electrons. The fraction of sp³-hybridized carbons (Fsp3) is 1.00. The molecule has 2 atom stereocenters. The summed E-state index contributed by atoms with van der Waals surface area (Å²) < 4.78 is 0. The third kappa shape index (κ3) is 1.86. The van der Waals surface area contributed by atoms with Crippen molar-refractivity contribution in [3.63, 3.8) is 0 Å². The lowest BCUT2D eigenvalue weighted by Crippen LogP contribution is -2.28. The van der Waals surface area contributed by atoms with Gasteiger partial charge in [-0.1, -0.05) is 6.92 Å². The van der Waals surface area contributed by atoms with Gasteiger partial charge in [0.05, 0.1) is 0 Å². The van der Waals surface area contributed by atoms with Gasteiger partial charge in [0, 0.05) is 25.0 Å². The fourth-order valence-corrected chi connectivity index (χ4v) is 2.02. The highest BCUT2D eigenvalue weighted by atomic mass is 35.5. The maximum atomic E-state index is 5.65. The number of hydrogen-bond acceptors (Lipinski definition) is 1. The summed E-state index contributed by atoms with van der Waals surface area (Å²) in [7, 11) is 0. The van der Waals surface area contributed by atoms with E-state index in [1.54, 1.807) is 0 Å². The van der Waals surface area contributed by atoms with Gasteiger partial charge in [-0.15, -0.1) is 11.6 Å². The maximum absolute atomic E-state index is 5.65. The lowest BCUT2D eigenvalue weighted by molar-refractivity contribution is 0.281. The van der Waals surface area contributed by atoms with Crippen LogP contribution in [0.1, 0.15) is 20.3 Å². The molecular weight excluding hydrogens is 146 g/mol. The first-order valence-corrected chi connectivity index (χ1v) is 4.57. The van der Waals surface area contributed by atoms with Crippen molar-refractivity contribution in [2.24, 2.45) is 5.92 Å². The predicted molar refractivity (Wildman–Crippen MR) is 45.5 cm³/mol. The summed E-state index contributed by atoms with van der Waals surface area (Å²) in [6.07, 6.45) is 1.34. The van der Waals surface area contributed by atoms with Crippen molar-refractivity contribution in [3.05, 3.63) is 0 Å². The third-order valence-corrected chi connectivity index (χ3v) is 2.45. The Morgan fingerprint density at radius 3 is 2.60 bits per heavy atom. The van der Waals surface area contributed by atoms with Gasteiger partial charge in [0.2, 0.25) is 0 Å². The van der Waals surface area contributed by atoms with Crippen LogP contribution in [-0.4, -0.2) is 29.9 Å². The molecule has 60 valence electrons. The van der Waals surface area contributed by atoms with Gasteiger partial charge in [-0.3, -0.25) is 4.90 Å². The molecule has 2 unspecified atom stereocenters. The normalized spacial score (nSPS) is 35.1. The third-order valence-electron chi connectivity index (χ3n) is 2.28. The van der Waals surface area contributed by atoms with E-state index in [2.05, 4.69) is 18.7 Å². The molecule has 1 saturated heterocycles. The van der Waals surface area contributed by atoms with Crippen LogP contribution in [0.15, 0.2) is 0 Å². The summed E-state index contributed by atoms with van der Waals surface area (Å²) >= 11 is 5.65. The van der Waals surface area contributed by atoms with Crippen LogP contribution >= 0.6 is 11.6 Å². The smallest absolute Gasteiger partial charge is 0.0351 e. The van der Waals surface area contributed by atoms with Crippen LogP contribution in [0.5, 0.6) is 0 Å². The first-order valence-electron chi connectivity index (χ1n) is 4.04. The second kappa shape index (κ2) is 3.59. The van der Waals surface area contributed by atoms with Gasteiger partial charge >= 0.3 is 0 Å². The Bertz CT molecular complexity index is 105. The fourth-order valence-electron chi connectivity index (χ4n) is 1.81. The van der Waals surface area contributed by atoms with Crippen LogP contribution < -0.4 is 0 Å². The molecule has 0 amide bonds. The molecule has 2 heteroatoms. The Balaban J connectivity index is 2.31. The van der Waals surface area contributed by atoms with E-state index < -0.39 is 0 Å². The summed E-state index contributed by atoms with van der Waals surface area (Å²) in [5.74, 6) is 1.65. The molecule has 0 spiro atoms. The van der Waals surface area contributed by atoms with Crippen molar-refractivity contribution in [3.8, 4) is 0 Å². The Kier molecular flexibility index (Phi) is 2.99. The molecule has 0 bridgehead atoms. The lowest BCUT2D eigenvalue weighted by Gasteiger charge is -2.18. The van der Waals surface area contributed by atoms with Gasteiger partial charge in [0.15, 0.2) is 0 Å². The van der Waals surface area contributed by atoms with Gasteiger partial charge in [0.1, 0.15) is 0 Å². The van der Waals surface area contributed by atoms with Crippen LogP contribution in [0.2, 0.25) is 0 Å². The SMILES string of the molecule is CC1CC(C)N(CCCl)C1. The molecule has 1 heterocycles. The molecule has 1 aliphatic heterocycles. The number of nitrogens with zero attached hydrogens (tertiary/aromatic N) is 1. The second-order valence-electron chi connectivity index (χ2n) is 3.37. The van der Waals surface area contributed by atoms with Crippen molar-refractivity contribution in [1.82, 2.24) is 4.90 Å². The van der Waals surface area contributed by atoms with Crippen LogP contribution in [0.25, 0.3) is 0 Å². The standard InChI is InChI=1S/C8H16ClN/c1-7-5-8(2)10(6-7)4-3-9/h7-8H,3-6H2,1-2H3. The Morgan fingerprint density at radius 1 is 1.50 bits per heavy atom. The summed E-state index contributed by atoms with van der Waals surface area (Å²) in [5, 5.41) is 0. The molecule has 1 aliphatic rings. The van der Waals surface area contributed by atoms with E-state index in [1.807, 2.05) is 0 Å². The van der Waals surface area contributed by atoms with Gasteiger partial charge in [-0.25, -0.2) is 0 Å². The predicted octanol–water partition coefficient (Wildman–Crippen LogP) is 1.96. The van der Waals surface area contributed by atoms with Crippen molar-refractivity contribution in [1.29, 1.82) is 0 Å². The second-order valence-corrected chi connectivity index (χ2v) is 3.75. The molecule has 0 aromatic heterocycles. The van der Waals surface area contributed by atoms with Crippen LogP contribution in [0.3, 0.4) is 0 Å². The minimum atomic E-state index is 0.758. The van der Waals surface area contributed by atoms with Crippen LogP contribution in [0.4, 0.5) is 0 Å². The highest BCUT2D eigenvalue weighted by Crippen LogP contribution is 2.21. The summed E-state index contributed by atoms with van der Waals surface area (Å²) in [6, 6.07) is 0.758. The number of hydrogen-bond donors (Lipinski definition) is 0. The molecule has 0 saturated carbocycles. The number of halogens is 1. The van der Waals surface area contributed by atoms with Gasteiger partial charge in [-0.05, 0) is 19.3 Å². The van der Waals surface area contributed by atoms with Gasteiger partial charge < -0.3 is 0 Å². The van der Waals surface area contributed by atoms with Gasteiger partial charge in [-0.2, -0.15) is 0 Å². The largest absolute Gasteiger partial charge is 0.299 e. The average Bonchev–Trinajstić information content (AvgIpc) is 2.13. The van der Waals surface area contributed by atoms with Crippen LogP contribution in [0, 0.1) is 5.92 Å². The molecule has 1 nitrogen and oxygen atoms in total. The van der Waals surface area contributed by atoms with Crippen molar-refractivity contribution >= 4 is 11.6 Å². The zero-order valence-corrected chi connectivity index (χ0v) is 7.56. The highest BCUT2D eigenvalue weighted by molar-refractivity contribution is 6.18. The Labute approximate surface area is 68.4 Å². The van der Waals surface area contributed by atoms with E-state index in [1.165, 1.54) is 13.0 Å². The number of likely N-dealkylation sites (tertiary alicyclic amines) is 1. The summed E-state index contributed by atoms with van der Waals surface area (Å²) in [5.41, 5.74) is 0. The Morgan fingerprint density at radius 2 is 2.20 bits per heavy atom. The minimum Gasteiger partial charge on any atom is -0.299 e. The maximum Gasteiger partial charge on any atom is 0.0351 e. The average molecular weight is 162 g/mol. The van der Waals surface area contributed by atoms with Crippen LogP contribution in [-0.2, 0) is 0 Å². The molecular formula is C8H16ClN. The van der Waals surface area contributed by atoms with E-state index >= 15 is 0 Å². The van der Waals surface area contributed by atoms with Crippen molar-refractivity contribution < 1.29 is 0 Å². The summed E-state index contributed by atoms with van der Waals surface area (Å²) in [4.78, 5) is 2.47. The molecule has 0 aliphatic carbocycles. The van der Waals surface area contributed by atoms with E-state index in [0.717, 1.165) is 24.4 Å². The number of rotatable bonds is 2. The molecule has 0 N–H and O–H groups in total. The van der Waals surface area contributed by atoms with Crippen molar-refractivity contribution in [2.45, 2.75) is 26.3 Å². The van der Waals surface area contributed by atoms with E-state index in [9.17, 15) is 0 Å². The monoisotopic (exact) mass is 161 g/mol. The highest BCUT2D eigenvalue weighted by Gasteiger charge is 2.24. The number of alkyl halides is 1. The molecule has 1 fully saturated rings. The molecule has 0 aromatic carbocycles. The van der Waals surface area contributed by atoms with E-state index in [0.29, 0.717) is 0 Å². The first-order chi connectivity index (χ1) is 4.74. The van der Waals surface area contributed by atoms with Crippen molar-refractivity contribution in [2.75, 3.05) is 19.0 Å². The lowest BCUT2D eigenvalue weighted by atomic mass is 10.1.